The molecule has 1 heterocycles. The van der Waals surface area contributed by atoms with Crippen LogP contribution in [0, 0.1) is 15.9 Å². The zero-order valence-corrected chi connectivity index (χ0v) is 10.9. The summed E-state index contributed by atoms with van der Waals surface area (Å²) in [4.78, 5) is 13.8. The molecule has 0 spiro atoms. The molecule has 8 heteroatoms. The van der Waals surface area contributed by atoms with E-state index in [0.717, 1.165) is 6.20 Å². The van der Waals surface area contributed by atoms with Crippen LogP contribution in [0.4, 0.5) is 21.6 Å². The number of hydrogen-bond acceptors (Lipinski definition) is 4. The molecule has 0 bridgehead atoms. The van der Waals surface area contributed by atoms with Gasteiger partial charge in [0.1, 0.15) is 17.8 Å². The predicted octanol–water partition coefficient (Wildman–Crippen LogP) is 2.94. The SMILES string of the molecule is O=[N+]([O-])c1ccc(NC(=S)Nc2cccc(F)c2)nc1. The predicted molar refractivity (Wildman–Crippen MR) is 77.1 cm³/mol. The number of nitrogens with zero attached hydrogens (tertiary/aromatic N) is 2. The van der Waals surface area contributed by atoms with E-state index in [1.165, 1.54) is 24.3 Å². The molecule has 0 saturated carbocycles. The van der Waals surface area contributed by atoms with Gasteiger partial charge in [-0.3, -0.25) is 10.1 Å². The van der Waals surface area contributed by atoms with Gasteiger partial charge in [0.2, 0.25) is 0 Å². The molecule has 1 aromatic heterocycles. The van der Waals surface area contributed by atoms with Crippen molar-refractivity contribution in [2.24, 2.45) is 0 Å². The molecule has 20 heavy (non-hydrogen) atoms. The van der Waals surface area contributed by atoms with E-state index in [1.54, 1.807) is 12.1 Å². The number of pyridine rings is 1. The molecule has 0 aliphatic carbocycles. The van der Waals surface area contributed by atoms with E-state index in [2.05, 4.69) is 15.6 Å². The van der Waals surface area contributed by atoms with Crippen LogP contribution >= 0.6 is 12.2 Å². The van der Waals surface area contributed by atoms with Crippen molar-refractivity contribution in [2.75, 3.05) is 10.6 Å². The van der Waals surface area contributed by atoms with Crippen molar-refractivity contribution in [3.8, 4) is 0 Å². The van der Waals surface area contributed by atoms with Crippen molar-refractivity contribution < 1.29 is 9.31 Å². The topological polar surface area (TPSA) is 80.1 Å². The number of hydrogen-bond donors (Lipinski definition) is 2. The van der Waals surface area contributed by atoms with E-state index in [9.17, 15) is 14.5 Å². The third kappa shape index (κ3) is 3.69. The van der Waals surface area contributed by atoms with Gasteiger partial charge in [0, 0.05) is 11.8 Å². The second-order valence-corrected chi connectivity index (χ2v) is 4.16. The van der Waals surface area contributed by atoms with Crippen molar-refractivity contribution in [1.82, 2.24) is 4.98 Å². The number of rotatable bonds is 3. The van der Waals surface area contributed by atoms with Crippen LogP contribution in [-0.2, 0) is 0 Å². The van der Waals surface area contributed by atoms with E-state index in [1.807, 2.05) is 0 Å². The van der Waals surface area contributed by atoms with Gasteiger partial charge in [0.25, 0.3) is 5.69 Å². The van der Waals surface area contributed by atoms with Crippen LogP contribution in [0.5, 0.6) is 0 Å². The fourth-order valence-corrected chi connectivity index (χ4v) is 1.64. The lowest BCUT2D eigenvalue weighted by molar-refractivity contribution is -0.385. The molecule has 0 amide bonds. The normalized spacial score (nSPS) is 9.85. The summed E-state index contributed by atoms with van der Waals surface area (Å²) >= 11 is 5.03. The van der Waals surface area contributed by atoms with Crippen molar-refractivity contribution in [3.63, 3.8) is 0 Å². The van der Waals surface area contributed by atoms with Gasteiger partial charge in [0.05, 0.1) is 4.92 Å². The summed E-state index contributed by atoms with van der Waals surface area (Å²) in [5, 5.41) is 16.2. The third-order valence-electron chi connectivity index (χ3n) is 2.28. The fourth-order valence-electron chi connectivity index (χ4n) is 1.41. The monoisotopic (exact) mass is 292 g/mol. The molecule has 0 aliphatic rings. The molecule has 0 atom stereocenters. The van der Waals surface area contributed by atoms with Crippen LogP contribution < -0.4 is 10.6 Å². The third-order valence-corrected chi connectivity index (χ3v) is 2.49. The van der Waals surface area contributed by atoms with Gasteiger partial charge in [-0.1, -0.05) is 6.07 Å². The molecule has 2 rings (SSSR count). The highest BCUT2D eigenvalue weighted by atomic mass is 32.1. The highest BCUT2D eigenvalue weighted by Gasteiger charge is 2.06. The Hall–Kier alpha value is -2.61. The van der Waals surface area contributed by atoms with E-state index in [4.69, 9.17) is 12.2 Å². The van der Waals surface area contributed by atoms with Gasteiger partial charge in [-0.2, -0.15) is 0 Å². The van der Waals surface area contributed by atoms with E-state index < -0.39 is 4.92 Å². The van der Waals surface area contributed by atoms with Crippen molar-refractivity contribution >= 4 is 34.5 Å². The standard InChI is InChI=1S/C12H9FN4O2S/c13-8-2-1-3-9(6-8)15-12(20)16-11-5-4-10(7-14-11)17(18)19/h1-7H,(H2,14,15,16,20). The van der Waals surface area contributed by atoms with Crippen LogP contribution in [0.1, 0.15) is 0 Å². The highest BCUT2D eigenvalue weighted by Crippen LogP contribution is 2.13. The maximum atomic E-state index is 13.0. The van der Waals surface area contributed by atoms with Gasteiger partial charge in [-0.15, -0.1) is 0 Å². The van der Waals surface area contributed by atoms with Gasteiger partial charge in [-0.25, -0.2) is 9.37 Å². The first-order valence-electron chi connectivity index (χ1n) is 5.48. The Morgan fingerprint density at radius 1 is 1.30 bits per heavy atom. The van der Waals surface area contributed by atoms with Crippen molar-refractivity contribution in [3.05, 3.63) is 58.5 Å². The first-order valence-corrected chi connectivity index (χ1v) is 5.89. The highest BCUT2D eigenvalue weighted by molar-refractivity contribution is 7.80. The van der Waals surface area contributed by atoms with E-state index >= 15 is 0 Å². The van der Waals surface area contributed by atoms with Crippen molar-refractivity contribution in [2.45, 2.75) is 0 Å². The molecular weight excluding hydrogens is 283 g/mol. The molecule has 0 fully saturated rings. The molecule has 2 N–H and O–H groups in total. The minimum absolute atomic E-state index is 0.112. The Kier molecular flexibility index (Phi) is 4.16. The number of nitro groups is 1. The maximum absolute atomic E-state index is 13.0. The van der Waals surface area contributed by atoms with Crippen LogP contribution in [0.25, 0.3) is 0 Å². The number of halogens is 1. The fraction of sp³-hybridized carbons (Fsp3) is 0. The zero-order valence-electron chi connectivity index (χ0n) is 10.0. The molecular formula is C12H9FN4O2S. The lowest BCUT2D eigenvalue weighted by Crippen LogP contribution is -2.19. The largest absolute Gasteiger partial charge is 0.332 e. The summed E-state index contributed by atoms with van der Waals surface area (Å²) in [5.41, 5.74) is 0.379. The quantitative estimate of drug-likeness (QED) is 0.514. The minimum atomic E-state index is -0.542. The first kappa shape index (κ1) is 13.8. The van der Waals surface area contributed by atoms with Gasteiger partial charge in [0.15, 0.2) is 5.11 Å². The Labute approximate surface area is 118 Å². The van der Waals surface area contributed by atoms with Crippen LogP contribution in [0.2, 0.25) is 0 Å². The molecule has 0 saturated heterocycles. The van der Waals surface area contributed by atoms with Crippen molar-refractivity contribution in [1.29, 1.82) is 0 Å². The lowest BCUT2D eigenvalue weighted by atomic mass is 10.3. The lowest BCUT2D eigenvalue weighted by Gasteiger charge is -2.09. The van der Waals surface area contributed by atoms with E-state index in [-0.39, 0.29) is 16.6 Å². The Morgan fingerprint density at radius 3 is 2.70 bits per heavy atom. The molecule has 0 radical (unpaired) electrons. The van der Waals surface area contributed by atoms with Crippen LogP contribution in [0.3, 0.4) is 0 Å². The first-order chi connectivity index (χ1) is 9.54. The Morgan fingerprint density at radius 2 is 2.10 bits per heavy atom. The average Bonchev–Trinajstić information content (AvgIpc) is 2.39. The van der Waals surface area contributed by atoms with Crippen LogP contribution in [-0.4, -0.2) is 15.0 Å². The second-order valence-electron chi connectivity index (χ2n) is 3.75. The molecule has 102 valence electrons. The van der Waals surface area contributed by atoms with Gasteiger partial charge in [-0.05, 0) is 36.5 Å². The second kappa shape index (κ2) is 6.02. The summed E-state index contributed by atoms with van der Waals surface area (Å²) in [6.07, 6.45) is 1.12. The summed E-state index contributed by atoms with van der Waals surface area (Å²) in [6, 6.07) is 8.54. The number of nitrogens with one attached hydrogen (secondary N) is 2. The molecule has 1 aromatic carbocycles. The summed E-state index contributed by atoms with van der Waals surface area (Å²) in [6.45, 7) is 0. The summed E-state index contributed by atoms with van der Waals surface area (Å²) < 4.78 is 13.0. The Balaban J connectivity index is 1.99. The summed E-state index contributed by atoms with van der Waals surface area (Å²) in [5.74, 6) is -0.0317. The average molecular weight is 292 g/mol. The molecule has 2 aromatic rings. The molecule has 0 unspecified atom stereocenters. The number of anilines is 2. The smallest absolute Gasteiger partial charge is 0.287 e. The zero-order chi connectivity index (χ0) is 14.5. The Bertz CT molecular complexity index is 648. The minimum Gasteiger partial charge on any atom is -0.332 e. The number of thiocarbonyl (C=S) groups is 1. The maximum Gasteiger partial charge on any atom is 0.287 e. The molecule has 0 aliphatic heterocycles. The molecule has 6 nitrogen and oxygen atoms in total. The summed E-state index contributed by atoms with van der Waals surface area (Å²) in [7, 11) is 0. The van der Waals surface area contributed by atoms with Crippen LogP contribution in [0.15, 0.2) is 42.6 Å². The number of benzene rings is 1. The van der Waals surface area contributed by atoms with Gasteiger partial charge >= 0.3 is 0 Å². The number of aromatic nitrogens is 1. The van der Waals surface area contributed by atoms with E-state index in [0.29, 0.717) is 11.5 Å². The van der Waals surface area contributed by atoms with Gasteiger partial charge < -0.3 is 10.6 Å².